The number of aryl methyl sites for hydroxylation is 1. The first-order chi connectivity index (χ1) is 8.13. The highest BCUT2D eigenvalue weighted by molar-refractivity contribution is 8.00. The van der Waals surface area contributed by atoms with Crippen molar-refractivity contribution in [1.82, 2.24) is 0 Å². The largest absolute Gasteiger partial charge is 0.396 e. The number of anilines is 1. The standard InChI is InChI=1S/C13H19NO2S/c1-10-4-6-12(7-5-10)14-13(16)11(2)17-9-3-8-15/h4-7,11,15H,3,8-9H2,1-2H3,(H,14,16). The van der Waals surface area contributed by atoms with E-state index < -0.39 is 0 Å². The zero-order valence-electron chi connectivity index (χ0n) is 10.3. The van der Waals surface area contributed by atoms with E-state index in [-0.39, 0.29) is 17.8 Å². The number of thioether (sulfide) groups is 1. The van der Waals surface area contributed by atoms with Gasteiger partial charge in [0, 0.05) is 12.3 Å². The van der Waals surface area contributed by atoms with Gasteiger partial charge in [-0.15, -0.1) is 11.8 Å². The summed E-state index contributed by atoms with van der Waals surface area (Å²) in [7, 11) is 0. The summed E-state index contributed by atoms with van der Waals surface area (Å²) in [6.45, 7) is 4.07. The minimum Gasteiger partial charge on any atom is -0.396 e. The zero-order valence-corrected chi connectivity index (χ0v) is 11.1. The van der Waals surface area contributed by atoms with Crippen LogP contribution in [0.3, 0.4) is 0 Å². The summed E-state index contributed by atoms with van der Waals surface area (Å²) >= 11 is 1.56. The molecule has 0 bridgehead atoms. The van der Waals surface area contributed by atoms with E-state index in [0.717, 1.165) is 17.9 Å². The van der Waals surface area contributed by atoms with E-state index in [9.17, 15) is 4.79 Å². The number of nitrogens with one attached hydrogen (secondary N) is 1. The van der Waals surface area contributed by atoms with Crippen LogP contribution in [0.2, 0.25) is 0 Å². The molecule has 1 aromatic rings. The fraction of sp³-hybridized carbons (Fsp3) is 0.462. The average Bonchev–Trinajstić information content (AvgIpc) is 2.32. The molecule has 1 aromatic carbocycles. The Kier molecular flexibility index (Phi) is 6.08. The number of hydrogen-bond donors (Lipinski definition) is 2. The summed E-state index contributed by atoms with van der Waals surface area (Å²) in [5.74, 6) is 0.815. The smallest absolute Gasteiger partial charge is 0.237 e. The van der Waals surface area contributed by atoms with Crippen LogP contribution in [0.15, 0.2) is 24.3 Å². The first kappa shape index (κ1) is 14.1. The lowest BCUT2D eigenvalue weighted by Gasteiger charge is -2.11. The number of aliphatic hydroxyl groups excluding tert-OH is 1. The van der Waals surface area contributed by atoms with Crippen LogP contribution in [0.4, 0.5) is 5.69 Å². The van der Waals surface area contributed by atoms with Gasteiger partial charge in [0.2, 0.25) is 5.91 Å². The highest BCUT2D eigenvalue weighted by Crippen LogP contribution is 2.15. The molecular weight excluding hydrogens is 234 g/mol. The van der Waals surface area contributed by atoms with Gasteiger partial charge in [0.15, 0.2) is 0 Å². The maximum absolute atomic E-state index is 11.8. The van der Waals surface area contributed by atoms with Crippen molar-refractivity contribution in [1.29, 1.82) is 0 Å². The van der Waals surface area contributed by atoms with Crippen LogP contribution in [0.1, 0.15) is 18.9 Å². The topological polar surface area (TPSA) is 49.3 Å². The highest BCUT2D eigenvalue weighted by atomic mass is 32.2. The molecule has 0 saturated carbocycles. The summed E-state index contributed by atoms with van der Waals surface area (Å²) in [6, 6.07) is 7.75. The van der Waals surface area contributed by atoms with Crippen LogP contribution in [0, 0.1) is 6.92 Å². The van der Waals surface area contributed by atoms with Crippen molar-refractivity contribution in [3.05, 3.63) is 29.8 Å². The second-order valence-corrected chi connectivity index (χ2v) is 5.39. The molecule has 3 nitrogen and oxygen atoms in total. The van der Waals surface area contributed by atoms with E-state index in [1.54, 1.807) is 11.8 Å². The lowest BCUT2D eigenvalue weighted by atomic mass is 10.2. The van der Waals surface area contributed by atoms with Crippen LogP contribution in [0.5, 0.6) is 0 Å². The van der Waals surface area contributed by atoms with Gasteiger partial charge in [0.25, 0.3) is 0 Å². The number of carbonyl (C=O) groups is 1. The quantitative estimate of drug-likeness (QED) is 0.766. The van der Waals surface area contributed by atoms with E-state index in [1.807, 2.05) is 38.1 Å². The third kappa shape index (κ3) is 5.24. The molecule has 0 aromatic heterocycles. The van der Waals surface area contributed by atoms with Gasteiger partial charge in [-0.25, -0.2) is 0 Å². The van der Waals surface area contributed by atoms with Crippen molar-refractivity contribution in [3.8, 4) is 0 Å². The fourth-order valence-electron chi connectivity index (χ4n) is 1.28. The van der Waals surface area contributed by atoms with Gasteiger partial charge in [-0.05, 0) is 38.2 Å². The molecule has 0 aliphatic rings. The first-order valence-corrected chi connectivity index (χ1v) is 6.78. The van der Waals surface area contributed by atoms with Gasteiger partial charge >= 0.3 is 0 Å². The second-order valence-electron chi connectivity index (χ2n) is 3.95. The van der Waals surface area contributed by atoms with E-state index in [2.05, 4.69) is 5.32 Å². The van der Waals surface area contributed by atoms with Gasteiger partial charge in [-0.3, -0.25) is 4.79 Å². The molecule has 1 unspecified atom stereocenters. The lowest BCUT2D eigenvalue weighted by molar-refractivity contribution is -0.115. The van der Waals surface area contributed by atoms with Crippen LogP contribution < -0.4 is 5.32 Å². The van der Waals surface area contributed by atoms with E-state index in [0.29, 0.717) is 0 Å². The molecule has 94 valence electrons. The molecule has 17 heavy (non-hydrogen) atoms. The maximum Gasteiger partial charge on any atom is 0.237 e. The average molecular weight is 253 g/mol. The number of benzene rings is 1. The normalized spacial score (nSPS) is 12.2. The number of rotatable bonds is 6. The Hall–Kier alpha value is -1.00. The predicted octanol–water partition coefficient (Wildman–Crippen LogP) is 2.44. The molecule has 2 N–H and O–H groups in total. The maximum atomic E-state index is 11.8. The SMILES string of the molecule is Cc1ccc(NC(=O)C(C)SCCCO)cc1. The monoisotopic (exact) mass is 253 g/mol. The van der Waals surface area contributed by atoms with E-state index in [1.165, 1.54) is 5.56 Å². The number of hydrogen-bond acceptors (Lipinski definition) is 3. The Morgan fingerprint density at radius 1 is 1.41 bits per heavy atom. The van der Waals surface area contributed by atoms with Crippen LogP contribution in [-0.2, 0) is 4.79 Å². The third-order valence-corrected chi connectivity index (χ3v) is 3.60. The Morgan fingerprint density at radius 3 is 2.65 bits per heavy atom. The summed E-state index contributed by atoms with van der Waals surface area (Å²) < 4.78 is 0. The van der Waals surface area contributed by atoms with E-state index in [4.69, 9.17) is 5.11 Å². The molecule has 0 aliphatic heterocycles. The Morgan fingerprint density at radius 2 is 2.06 bits per heavy atom. The zero-order chi connectivity index (χ0) is 12.7. The van der Waals surface area contributed by atoms with Gasteiger partial charge in [-0.1, -0.05) is 17.7 Å². The van der Waals surface area contributed by atoms with Crippen LogP contribution >= 0.6 is 11.8 Å². The molecule has 0 radical (unpaired) electrons. The molecular formula is C13H19NO2S. The molecule has 0 fully saturated rings. The number of amides is 1. The Balaban J connectivity index is 2.40. The second kappa shape index (κ2) is 7.35. The van der Waals surface area contributed by atoms with Gasteiger partial charge in [0.05, 0.1) is 5.25 Å². The molecule has 0 heterocycles. The minimum absolute atomic E-state index is 0.0109. The summed E-state index contributed by atoms with van der Waals surface area (Å²) in [5, 5.41) is 11.4. The van der Waals surface area contributed by atoms with Gasteiger partial charge in [-0.2, -0.15) is 0 Å². The molecule has 0 saturated heterocycles. The summed E-state index contributed by atoms with van der Waals surface area (Å²) in [4.78, 5) is 11.8. The molecule has 0 spiro atoms. The number of carbonyl (C=O) groups excluding carboxylic acids is 1. The van der Waals surface area contributed by atoms with Crippen LogP contribution in [0.25, 0.3) is 0 Å². The molecule has 0 aliphatic carbocycles. The molecule has 1 rings (SSSR count). The third-order valence-electron chi connectivity index (χ3n) is 2.36. The van der Waals surface area contributed by atoms with Crippen molar-refractivity contribution in [2.45, 2.75) is 25.5 Å². The highest BCUT2D eigenvalue weighted by Gasteiger charge is 2.12. The summed E-state index contributed by atoms with van der Waals surface area (Å²) in [6.07, 6.45) is 0.729. The van der Waals surface area contributed by atoms with Crippen LogP contribution in [-0.4, -0.2) is 28.6 Å². The van der Waals surface area contributed by atoms with Crippen molar-refractivity contribution >= 4 is 23.4 Å². The van der Waals surface area contributed by atoms with Crippen molar-refractivity contribution in [3.63, 3.8) is 0 Å². The van der Waals surface area contributed by atoms with Gasteiger partial charge in [0.1, 0.15) is 0 Å². The Labute approximate surface area is 107 Å². The van der Waals surface area contributed by atoms with Gasteiger partial charge < -0.3 is 10.4 Å². The minimum atomic E-state index is -0.0946. The predicted molar refractivity (Wildman–Crippen MR) is 73.4 cm³/mol. The van der Waals surface area contributed by atoms with Crippen molar-refractivity contribution < 1.29 is 9.90 Å². The molecule has 4 heteroatoms. The molecule has 1 amide bonds. The van der Waals surface area contributed by atoms with Crippen molar-refractivity contribution in [2.75, 3.05) is 17.7 Å². The summed E-state index contributed by atoms with van der Waals surface area (Å²) in [5.41, 5.74) is 2.00. The van der Waals surface area contributed by atoms with Crippen molar-refractivity contribution in [2.24, 2.45) is 0 Å². The lowest BCUT2D eigenvalue weighted by Crippen LogP contribution is -2.22. The fourth-order valence-corrected chi connectivity index (χ4v) is 2.14. The van der Waals surface area contributed by atoms with E-state index >= 15 is 0 Å². The molecule has 1 atom stereocenters. The first-order valence-electron chi connectivity index (χ1n) is 5.73. The number of aliphatic hydroxyl groups is 1. The Bertz CT molecular complexity index is 351.